The van der Waals surface area contributed by atoms with Crippen molar-refractivity contribution in [1.29, 1.82) is 0 Å². The Bertz CT molecular complexity index is 1110. The third-order valence-electron chi connectivity index (χ3n) is 5.58. The Morgan fingerprint density at radius 3 is 2.17 bits per heavy atom. The maximum atomic E-state index is 14.1. The van der Waals surface area contributed by atoms with Crippen LogP contribution in [0.25, 0.3) is 10.9 Å². The molecule has 0 saturated carbocycles. The summed E-state index contributed by atoms with van der Waals surface area (Å²) in [5.41, 5.74) is -1.17. The third kappa shape index (κ3) is 4.29. The van der Waals surface area contributed by atoms with Gasteiger partial charge in [-0.05, 0) is 43.4 Å². The van der Waals surface area contributed by atoms with Gasteiger partial charge < -0.3 is 9.67 Å². The predicted octanol–water partition coefficient (Wildman–Crippen LogP) is 5.28. The van der Waals surface area contributed by atoms with Crippen LogP contribution in [-0.2, 0) is 12.0 Å². The van der Waals surface area contributed by atoms with E-state index in [-0.39, 0.29) is 5.43 Å². The number of hydrogen-bond donors (Lipinski definition) is 1. The Morgan fingerprint density at radius 2 is 1.57 bits per heavy atom. The van der Waals surface area contributed by atoms with Gasteiger partial charge in [0.15, 0.2) is 11.0 Å². The van der Waals surface area contributed by atoms with Gasteiger partial charge in [-0.1, -0.05) is 55.3 Å². The lowest BCUT2D eigenvalue weighted by Crippen LogP contribution is -2.52. The number of alkyl halides is 3. The number of para-hydroxylation sites is 1. The molecule has 30 heavy (non-hydrogen) atoms. The van der Waals surface area contributed by atoms with E-state index in [1.165, 1.54) is 16.8 Å². The highest BCUT2D eigenvalue weighted by Crippen LogP contribution is 2.42. The molecule has 0 fully saturated rings. The molecule has 0 bridgehead atoms. The van der Waals surface area contributed by atoms with Gasteiger partial charge in [0.05, 0.1) is 12.1 Å². The molecule has 0 amide bonds. The number of hydrogen-bond acceptors (Lipinski definition) is 2. The van der Waals surface area contributed by atoms with Crippen molar-refractivity contribution < 1.29 is 18.3 Å². The van der Waals surface area contributed by atoms with Crippen LogP contribution < -0.4 is 5.43 Å². The number of rotatable bonds is 5. The standard InChI is InChI=1S/C24H26F3NO2/c1-16-11-17(2)13-18(12-16)22(3,4)14-23(30,24(25,26)27)15-28-10-9-21(29)19-7-5-6-8-20(19)28/h5-13,30H,14-15H2,1-4H3. The van der Waals surface area contributed by atoms with Crippen molar-refractivity contribution in [3.63, 3.8) is 0 Å². The van der Waals surface area contributed by atoms with Crippen LogP contribution >= 0.6 is 0 Å². The van der Waals surface area contributed by atoms with E-state index in [2.05, 4.69) is 0 Å². The first-order chi connectivity index (χ1) is 13.8. The summed E-state index contributed by atoms with van der Waals surface area (Å²) in [6, 6.07) is 13.4. The second kappa shape index (κ2) is 7.58. The molecule has 1 unspecified atom stereocenters. The fraction of sp³-hybridized carbons (Fsp3) is 0.375. The molecule has 0 spiro atoms. The maximum absolute atomic E-state index is 14.1. The van der Waals surface area contributed by atoms with E-state index in [1.54, 1.807) is 38.1 Å². The van der Waals surface area contributed by atoms with Gasteiger partial charge in [-0.25, -0.2) is 0 Å². The van der Waals surface area contributed by atoms with Gasteiger partial charge in [0, 0.05) is 17.6 Å². The molecule has 0 aliphatic rings. The highest BCUT2D eigenvalue weighted by atomic mass is 19.4. The first-order valence-corrected chi connectivity index (χ1v) is 9.78. The normalized spacial score (nSPS) is 14.7. The number of nitrogens with zero attached hydrogens (tertiary/aromatic N) is 1. The highest BCUT2D eigenvalue weighted by Gasteiger charge is 2.56. The van der Waals surface area contributed by atoms with Crippen LogP contribution in [0.5, 0.6) is 0 Å². The lowest BCUT2D eigenvalue weighted by molar-refractivity contribution is -0.271. The molecule has 3 nitrogen and oxygen atoms in total. The van der Waals surface area contributed by atoms with Crippen LogP contribution in [0.15, 0.2) is 59.5 Å². The van der Waals surface area contributed by atoms with Crippen LogP contribution in [-0.4, -0.2) is 21.5 Å². The van der Waals surface area contributed by atoms with E-state index >= 15 is 0 Å². The number of fused-ring (bicyclic) bond motifs is 1. The van der Waals surface area contributed by atoms with Crippen molar-refractivity contribution in [2.75, 3.05) is 0 Å². The zero-order chi connectivity index (χ0) is 22.3. The quantitative estimate of drug-likeness (QED) is 0.614. The summed E-state index contributed by atoms with van der Waals surface area (Å²) in [4.78, 5) is 12.1. The fourth-order valence-corrected chi connectivity index (χ4v) is 4.12. The number of aromatic nitrogens is 1. The minimum Gasteiger partial charge on any atom is -0.379 e. The molecule has 1 atom stereocenters. The van der Waals surface area contributed by atoms with E-state index in [4.69, 9.17) is 0 Å². The Morgan fingerprint density at radius 1 is 0.967 bits per heavy atom. The molecular weight excluding hydrogens is 391 g/mol. The summed E-state index contributed by atoms with van der Waals surface area (Å²) in [7, 11) is 0. The zero-order valence-corrected chi connectivity index (χ0v) is 17.5. The lowest BCUT2D eigenvalue weighted by atomic mass is 9.74. The second-order valence-corrected chi connectivity index (χ2v) is 8.79. The molecule has 3 rings (SSSR count). The summed E-state index contributed by atoms with van der Waals surface area (Å²) in [6.07, 6.45) is -4.06. The molecule has 0 saturated heterocycles. The van der Waals surface area contributed by atoms with Crippen LogP contribution in [0.2, 0.25) is 0 Å². The van der Waals surface area contributed by atoms with Crippen LogP contribution in [0.4, 0.5) is 13.2 Å². The van der Waals surface area contributed by atoms with Crippen molar-refractivity contribution in [2.24, 2.45) is 0 Å². The number of pyridine rings is 1. The van der Waals surface area contributed by atoms with Crippen LogP contribution in [0.1, 0.15) is 37.0 Å². The van der Waals surface area contributed by atoms with Crippen molar-refractivity contribution in [1.82, 2.24) is 4.57 Å². The average molecular weight is 417 g/mol. The van der Waals surface area contributed by atoms with Crippen molar-refractivity contribution >= 4 is 10.9 Å². The molecule has 1 N–H and O–H groups in total. The minimum atomic E-state index is -4.85. The van der Waals surface area contributed by atoms with E-state index < -0.39 is 30.2 Å². The molecular formula is C24H26F3NO2. The summed E-state index contributed by atoms with van der Waals surface area (Å²) >= 11 is 0. The molecule has 1 aromatic heterocycles. The topological polar surface area (TPSA) is 42.2 Å². The monoisotopic (exact) mass is 417 g/mol. The highest BCUT2D eigenvalue weighted by molar-refractivity contribution is 5.78. The molecule has 0 aliphatic carbocycles. The minimum absolute atomic E-state index is 0.270. The van der Waals surface area contributed by atoms with Gasteiger partial charge in [-0.3, -0.25) is 4.79 Å². The third-order valence-corrected chi connectivity index (χ3v) is 5.58. The van der Waals surface area contributed by atoms with Crippen LogP contribution in [0.3, 0.4) is 0 Å². The maximum Gasteiger partial charge on any atom is 0.418 e. The number of aryl methyl sites for hydroxylation is 2. The first kappa shape index (κ1) is 22.1. The number of benzene rings is 2. The Labute approximate surface area is 173 Å². The van der Waals surface area contributed by atoms with Gasteiger partial charge in [-0.2, -0.15) is 13.2 Å². The molecule has 0 aliphatic heterocycles. The fourth-order valence-electron chi connectivity index (χ4n) is 4.12. The average Bonchev–Trinajstić information content (AvgIpc) is 2.62. The van der Waals surface area contributed by atoms with Gasteiger partial charge in [0.2, 0.25) is 0 Å². The van der Waals surface area contributed by atoms with E-state index in [9.17, 15) is 23.1 Å². The summed E-state index contributed by atoms with van der Waals surface area (Å²) in [6.45, 7) is 6.51. The van der Waals surface area contributed by atoms with Crippen molar-refractivity contribution in [3.05, 3.63) is 81.6 Å². The Kier molecular flexibility index (Phi) is 5.58. The molecule has 160 valence electrons. The summed E-state index contributed by atoms with van der Waals surface area (Å²) < 4.78 is 43.8. The smallest absolute Gasteiger partial charge is 0.379 e. The van der Waals surface area contributed by atoms with Gasteiger partial charge >= 0.3 is 6.18 Å². The summed E-state index contributed by atoms with van der Waals surface area (Å²) in [5, 5.41) is 11.3. The zero-order valence-electron chi connectivity index (χ0n) is 17.5. The lowest BCUT2D eigenvalue weighted by Gasteiger charge is -2.38. The van der Waals surface area contributed by atoms with Gasteiger partial charge in [0.1, 0.15) is 0 Å². The molecule has 0 radical (unpaired) electrons. The predicted molar refractivity (Wildman–Crippen MR) is 113 cm³/mol. The Hall–Kier alpha value is -2.60. The van der Waals surface area contributed by atoms with Gasteiger partial charge in [-0.15, -0.1) is 0 Å². The molecule has 3 aromatic rings. The van der Waals surface area contributed by atoms with Crippen molar-refractivity contribution in [2.45, 2.75) is 57.9 Å². The molecule has 1 heterocycles. The first-order valence-electron chi connectivity index (χ1n) is 9.78. The Balaban J connectivity index is 2.06. The number of aliphatic hydroxyl groups is 1. The van der Waals surface area contributed by atoms with E-state index in [0.717, 1.165) is 16.7 Å². The van der Waals surface area contributed by atoms with E-state index in [0.29, 0.717) is 10.9 Å². The summed E-state index contributed by atoms with van der Waals surface area (Å²) in [5.74, 6) is 0. The molecule has 2 aromatic carbocycles. The second-order valence-electron chi connectivity index (χ2n) is 8.79. The van der Waals surface area contributed by atoms with Gasteiger partial charge in [0.25, 0.3) is 0 Å². The van der Waals surface area contributed by atoms with E-state index in [1.807, 2.05) is 32.0 Å². The SMILES string of the molecule is Cc1cc(C)cc(C(C)(C)CC(O)(Cn2ccc(=O)c3ccccc32)C(F)(F)F)c1. The molecule has 6 heteroatoms. The number of halogens is 3. The largest absolute Gasteiger partial charge is 0.418 e. The van der Waals surface area contributed by atoms with Crippen molar-refractivity contribution in [3.8, 4) is 0 Å². The van der Waals surface area contributed by atoms with Crippen LogP contribution in [0, 0.1) is 13.8 Å².